The van der Waals surface area contributed by atoms with Gasteiger partial charge in [-0.2, -0.15) is 0 Å². The van der Waals surface area contributed by atoms with E-state index in [-0.39, 0.29) is 11.3 Å². The summed E-state index contributed by atoms with van der Waals surface area (Å²) >= 11 is 0. The molecule has 2 aliphatic rings. The van der Waals surface area contributed by atoms with E-state index in [2.05, 4.69) is 29.4 Å². The summed E-state index contributed by atoms with van der Waals surface area (Å²) in [5.74, 6) is 0.260. The molecule has 116 valence electrons. The van der Waals surface area contributed by atoms with Gasteiger partial charge in [0.15, 0.2) is 0 Å². The summed E-state index contributed by atoms with van der Waals surface area (Å²) in [5, 5.41) is 6.61. The number of rotatable bonds is 5. The van der Waals surface area contributed by atoms with E-state index in [1.807, 2.05) is 0 Å². The van der Waals surface area contributed by atoms with Crippen LogP contribution in [0.1, 0.15) is 52.4 Å². The number of likely N-dealkylation sites (tertiary alicyclic amines) is 1. The molecule has 2 N–H and O–H groups in total. The first-order chi connectivity index (χ1) is 9.68. The number of nitrogens with zero attached hydrogens (tertiary/aromatic N) is 1. The summed E-state index contributed by atoms with van der Waals surface area (Å²) in [6, 6.07) is 0.463. The summed E-state index contributed by atoms with van der Waals surface area (Å²) in [7, 11) is 0. The molecular weight excluding hydrogens is 250 g/mol. The second-order valence-corrected chi connectivity index (χ2v) is 6.57. The minimum absolute atomic E-state index is 0.167. The van der Waals surface area contributed by atoms with Gasteiger partial charge >= 0.3 is 0 Å². The van der Waals surface area contributed by atoms with Crippen LogP contribution in [-0.2, 0) is 4.79 Å². The fourth-order valence-electron chi connectivity index (χ4n) is 3.54. The van der Waals surface area contributed by atoms with Gasteiger partial charge in [-0.1, -0.05) is 13.3 Å². The molecule has 0 saturated carbocycles. The molecule has 2 rings (SSSR count). The number of piperidine rings is 2. The third kappa shape index (κ3) is 3.73. The molecule has 2 aliphatic heterocycles. The lowest BCUT2D eigenvalue weighted by Crippen LogP contribution is -2.53. The Balaban J connectivity index is 1.80. The van der Waals surface area contributed by atoms with E-state index in [1.165, 1.54) is 32.4 Å². The van der Waals surface area contributed by atoms with Crippen LogP contribution in [0, 0.1) is 5.41 Å². The normalized spacial score (nSPS) is 29.9. The smallest absolute Gasteiger partial charge is 0.227 e. The molecule has 0 aromatic rings. The molecule has 2 heterocycles. The third-order valence-corrected chi connectivity index (χ3v) is 5.20. The van der Waals surface area contributed by atoms with E-state index >= 15 is 0 Å². The lowest BCUT2D eigenvalue weighted by Gasteiger charge is -2.37. The largest absolute Gasteiger partial charge is 0.354 e. The van der Waals surface area contributed by atoms with Gasteiger partial charge in [0.25, 0.3) is 0 Å². The van der Waals surface area contributed by atoms with Crippen LogP contribution in [0.15, 0.2) is 0 Å². The number of hydrogen-bond acceptors (Lipinski definition) is 3. The maximum Gasteiger partial charge on any atom is 0.227 e. The standard InChI is InChI=1S/C16H31N3O/c1-3-16(8-7-9-17-13-16)15(20)18-12-14(2)19-10-5-4-6-11-19/h14,17H,3-13H2,1-2H3,(H,18,20). The molecule has 0 aromatic carbocycles. The van der Waals surface area contributed by atoms with E-state index in [4.69, 9.17) is 0 Å². The van der Waals surface area contributed by atoms with Crippen LogP contribution >= 0.6 is 0 Å². The van der Waals surface area contributed by atoms with Crippen LogP contribution in [0.25, 0.3) is 0 Å². The van der Waals surface area contributed by atoms with Crippen molar-refractivity contribution in [3.63, 3.8) is 0 Å². The SMILES string of the molecule is CCC1(C(=O)NCC(C)N2CCCCC2)CCCNC1. The Morgan fingerprint density at radius 2 is 2.05 bits per heavy atom. The molecular formula is C16H31N3O. The van der Waals surface area contributed by atoms with E-state index in [1.54, 1.807) is 0 Å². The van der Waals surface area contributed by atoms with Crippen molar-refractivity contribution in [3.05, 3.63) is 0 Å². The highest BCUT2D eigenvalue weighted by molar-refractivity contribution is 5.83. The van der Waals surface area contributed by atoms with Gasteiger partial charge < -0.3 is 10.6 Å². The van der Waals surface area contributed by atoms with E-state index in [9.17, 15) is 4.79 Å². The molecule has 0 aromatic heterocycles. The molecule has 2 saturated heterocycles. The van der Waals surface area contributed by atoms with Gasteiger partial charge in [-0.15, -0.1) is 0 Å². The van der Waals surface area contributed by atoms with Crippen LogP contribution in [-0.4, -0.2) is 49.6 Å². The predicted molar refractivity (Wildman–Crippen MR) is 82.7 cm³/mol. The zero-order valence-corrected chi connectivity index (χ0v) is 13.2. The van der Waals surface area contributed by atoms with Gasteiger partial charge in [-0.25, -0.2) is 0 Å². The maximum absolute atomic E-state index is 12.6. The summed E-state index contributed by atoms with van der Waals surface area (Å²) in [4.78, 5) is 15.1. The second-order valence-electron chi connectivity index (χ2n) is 6.57. The van der Waals surface area contributed by atoms with Crippen LogP contribution in [0.5, 0.6) is 0 Å². The number of amides is 1. The number of hydrogen-bond donors (Lipinski definition) is 2. The first-order valence-electron chi connectivity index (χ1n) is 8.41. The molecule has 4 nitrogen and oxygen atoms in total. The van der Waals surface area contributed by atoms with Gasteiger partial charge in [0, 0.05) is 19.1 Å². The molecule has 20 heavy (non-hydrogen) atoms. The predicted octanol–water partition coefficient (Wildman–Crippen LogP) is 1.76. The number of carbonyl (C=O) groups is 1. The highest BCUT2D eigenvalue weighted by Crippen LogP contribution is 2.30. The topological polar surface area (TPSA) is 44.4 Å². The van der Waals surface area contributed by atoms with Crippen molar-refractivity contribution in [1.82, 2.24) is 15.5 Å². The first kappa shape index (κ1) is 15.8. The Morgan fingerprint density at radius 1 is 1.30 bits per heavy atom. The molecule has 2 fully saturated rings. The fraction of sp³-hybridized carbons (Fsp3) is 0.938. The van der Waals surface area contributed by atoms with Crippen LogP contribution in [0.4, 0.5) is 0 Å². The lowest BCUT2D eigenvalue weighted by atomic mass is 9.77. The molecule has 1 amide bonds. The molecule has 0 spiro atoms. The van der Waals surface area contributed by atoms with Crippen molar-refractivity contribution in [2.75, 3.05) is 32.7 Å². The quantitative estimate of drug-likeness (QED) is 0.807. The highest BCUT2D eigenvalue weighted by atomic mass is 16.2. The molecule has 2 atom stereocenters. The van der Waals surface area contributed by atoms with Crippen molar-refractivity contribution in [2.45, 2.75) is 58.4 Å². The van der Waals surface area contributed by atoms with Crippen LogP contribution in [0.3, 0.4) is 0 Å². The van der Waals surface area contributed by atoms with Gasteiger partial charge in [0.1, 0.15) is 0 Å². The Hall–Kier alpha value is -0.610. The Bertz CT molecular complexity index is 307. The van der Waals surface area contributed by atoms with Gasteiger partial charge in [-0.05, 0) is 58.7 Å². The van der Waals surface area contributed by atoms with Crippen molar-refractivity contribution in [3.8, 4) is 0 Å². The Morgan fingerprint density at radius 3 is 2.65 bits per heavy atom. The average molecular weight is 281 g/mol. The maximum atomic E-state index is 12.6. The molecule has 0 aliphatic carbocycles. The fourth-order valence-corrected chi connectivity index (χ4v) is 3.54. The Kier molecular flexibility index (Phi) is 5.85. The average Bonchev–Trinajstić information content (AvgIpc) is 2.53. The Labute approximate surface area is 123 Å². The monoisotopic (exact) mass is 281 g/mol. The minimum atomic E-state index is -0.167. The lowest BCUT2D eigenvalue weighted by molar-refractivity contribution is -0.132. The van der Waals surface area contributed by atoms with Crippen molar-refractivity contribution in [1.29, 1.82) is 0 Å². The summed E-state index contributed by atoms with van der Waals surface area (Å²) in [5.41, 5.74) is -0.167. The summed E-state index contributed by atoms with van der Waals surface area (Å²) < 4.78 is 0. The zero-order valence-electron chi connectivity index (χ0n) is 13.2. The highest BCUT2D eigenvalue weighted by Gasteiger charge is 2.37. The van der Waals surface area contributed by atoms with Gasteiger partial charge in [0.2, 0.25) is 5.91 Å². The molecule has 2 unspecified atom stereocenters. The van der Waals surface area contributed by atoms with Gasteiger partial charge in [0.05, 0.1) is 5.41 Å². The number of carbonyl (C=O) groups excluding carboxylic acids is 1. The van der Waals surface area contributed by atoms with E-state index in [0.717, 1.165) is 38.9 Å². The summed E-state index contributed by atoms with van der Waals surface area (Å²) in [6.45, 7) is 9.45. The van der Waals surface area contributed by atoms with Crippen molar-refractivity contribution >= 4 is 5.91 Å². The van der Waals surface area contributed by atoms with Crippen molar-refractivity contribution < 1.29 is 4.79 Å². The zero-order chi connectivity index (χ0) is 14.4. The molecule has 4 heteroatoms. The number of nitrogens with one attached hydrogen (secondary N) is 2. The minimum Gasteiger partial charge on any atom is -0.354 e. The van der Waals surface area contributed by atoms with Crippen LogP contribution < -0.4 is 10.6 Å². The van der Waals surface area contributed by atoms with Gasteiger partial charge in [-0.3, -0.25) is 9.69 Å². The van der Waals surface area contributed by atoms with Crippen LogP contribution in [0.2, 0.25) is 0 Å². The second kappa shape index (κ2) is 7.41. The molecule has 0 bridgehead atoms. The third-order valence-electron chi connectivity index (χ3n) is 5.20. The first-order valence-corrected chi connectivity index (χ1v) is 8.41. The van der Waals surface area contributed by atoms with Crippen molar-refractivity contribution in [2.24, 2.45) is 5.41 Å². The van der Waals surface area contributed by atoms with E-state index in [0.29, 0.717) is 6.04 Å². The van der Waals surface area contributed by atoms with E-state index < -0.39 is 0 Å². The summed E-state index contributed by atoms with van der Waals surface area (Å²) in [6.07, 6.45) is 7.05. The molecule has 0 radical (unpaired) electrons.